The summed E-state index contributed by atoms with van der Waals surface area (Å²) in [6.45, 7) is 3.69. The van der Waals surface area contributed by atoms with E-state index in [-0.39, 0.29) is 17.5 Å². The predicted molar refractivity (Wildman–Crippen MR) is 52.0 cm³/mol. The molecule has 1 aromatic carbocycles. The Morgan fingerprint density at radius 3 is 2.07 bits per heavy atom. The van der Waals surface area contributed by atoms with Gasteiger partial charge in [-0.15, -0.1) is 0 Å². The van der Waals surface area contributed by atoms with E-state index >= 15 is 0 Å². The molecule has 0 spiro atoms. The van der Waals surface area contributed by atoms with Gasteiger partial charge in [0.25, 0.3) is 5.69 Å². The molecule has 0 atom stereocenters. The van der Waals surface area contributed by atoms with Crippen molar-refractivity contribution in [3.8, 4) is 0 Å². The standard InChI is InChI=1S/C8H10N2O2.CO2/c1-5-3-7(9)8(10(11)12)4-6(5)2;2-1-3/h3-4H,9H2,1-2H3;. The SMILES string of the molecule is Cc1cc(N)c([N+](=O)[O-])cc1C.O=C=O. The molecule has 0 aliphatic heterocycles. The maximum atomic E-state index is 10.4. The molecule has 1 aromatic rings. The number of rotatable bonds is 1. The van der Waals surface area contributed by atoms with Gasteiger partial charge in [0, 0.05) is 6.07 Å². The van der Waals surface area contributed by atoms with Gasteiger partial charge >= 0.3 is 6.15 Å². The van der Waals surface area contributed by atoms with Gasteiger partial charge in [0.2, 0.25) is 0 Å². The van der Waals surface area contributed by atoms with Crippen molar-refractivity contribution < 1.29 is 14.5 Å². The number of nitrogen functional groups attached to an aromatic ring is 1. The van der Waals surface area contributed by atoms with Gasteiger partial charge in [0.15, 0.2) is 0 Å². The molecule has 80 valence electrons. The van der Waals surface area contributed by atoms with Crippen molar-refractivity contribution in [2.45, 2.75) is 13.8 Å². The van der Waals surface area contributed by atoms with Crippen molar-refractivity contribution in [2.24, 2.45) is 0 Å². The summed E-state index contributed by atoms with van der Waals surface area (Å²) in [5.41, 5.74) is 7.51. The van der Waals surface area contributed by atoms with Crippen molar-refractivity contribution in [2.75, 3.05) is 5.73 Å². The molecule has 0 fully saturated rings. The first-order valence-corrected chi connectivity index (χ1v) is 3.94. The molecule has 0 amide bonds. The average Bonchev–Trinajstić information content (AvgIpc) is 2.12. The largest absolute Gasteiger partial charge is 0.393 e. The maximum Gasteiger partial charge on any atom is 0.373 e. The minimum atomic E-state index is -0.470. The number of hydrogen-bond donors (Lipinski definition) is 1. The molecule has 0 unspecified atom stereocenters. The summed E-state index contributed by atoms with van der Waals surface area (Å²) in [7, 11) is 0. The third-order valence-corrected chi connectivity index (χ3v) is 1.84. The molecule has 0 radical (unpaired) electrons. The first-order valence-electron chi connectivity index (χ1n) is 3.94. The molecular formula is C9H10N2O4. The lowest BCUT2D eigenvalue weighted by molar-refractivity contribution is -0.383. The molecule has 0 aliphatic carbocycles. The van der Waals surface area contributed by atoms with Crippen LogP contribution < -0.4 is 5.73 Å². The highest BCUT2D eigenvalue weighted by Crippen LogP contribution is 2.24. The van der Waals surface area contributed by atoms with Crippen molar-refractivity contribution in [3.63, 3.8) is 0 Å². The fraction of sp³-hybridized carbons (Fsp3) is 0.222. The van der Waals surface area contributed by atoms with Crippen LogP contribution >= 0.6 is 0 Å². The molecule has 0 aliphatic rings. The lowest BCUT2D eigenvalue weighted by atomic mass is 10.1. The summed E-state index contributed by atoms with van der Waals surface area (Å²) in [6.07, 6.45) is 0.250. The van der Waals surface area contributed by atoms with Crippen LogP contribution in [0.4, 0.5) is 11.4 Å². The Hall–Kier alpha value is -2.20. The molecule has 1 rings (SSSR count). The van der Waals surface area contributed by atoms with Gasteiger partial charge in [-0.2, -0.15) is 9.59 Å². The van der Waals surface area contributed by atoms with E-state index in [0.29, 0.717) is 0 Å². The highest BCUT2D eigenvalue weighted by molar-refractivity contribution is 5.61. The Labute approximate surface area is 85.8 Å². The zero-order chi connectivity index (χ0) is 12.0. The minimum absolute atomic E-state index is 0.0156. The van der Waals surface area contributed by atoms with E-state index in [1.54, 1.807) is 6.07 Å². The van der Waals surface area contributed by atoms with Crippen LogP contribution in [0, 0.1) is 24.0 Å². The van der Waals surface area contributed by atoms with Crippen LogP contribution in [0.2, 0.25) is 0 Å². The van der Waals surface area contributed by atoms with Crippen molar-refractivity contribution >= 4 is 17.5 Å². The van der Waals surface area contributed by atoms with Crippen molar-refractivity contribution in [1.29, 1.82) is 0 Å². The van der Waals surface area contributed by atoms with Gasteiger partial charge in [-0.3, -0.25) is 10.1 Å². The highest BCUT2D eigenvalue weighted by Gasteiger charge is 2.11. The molecule has 0 bridgehead atoms. The third kappa shape index (κ3) is 3.58. The lowest BCUT2D eigenvalue weighted by Gasteiger charge is -2.01. The zero-order valence-corrected chi connectivity index (χ0v) is 8.31. The van der Waals surface area contributed by atoms with Crippen LogP contribution in [0.3, 0.4) is 0 Å². The number of aryl methyl sites for hydroxylation is 2. The number of nitrogens with two attached hydrogens (primary N) is 1. The van der Waals surface area contributed by atoms with Crippen LogP contribution in [-0.4, -0.2) is 11.1 Å². The fourth-order valence-corrected chi connectivity index (χ4v) is 0.981. The number of nitrogens with zero attached hydrogens (tertiary/aromatic N) is 1. The Kier molecular flexibility index (Phi) is 4.70. The fourth-order valence-electron chi connectivity index (χ4n) is 0.981. The van der Waals surface area contributed by atoms with Gasteiger partial charge in [0.1, 0.15) is 5.69 Å². The quantitative estimate of drug-likeness (QED) is 0.426. The zero-order valence-electron chi connectivity index (χ0n) is 8.31. The molecule has 0 saturated carbocycles. The molecule has 15 heavy (non-hydrogen) atoms. The second kappa shape index (κ2) is 5.51. The molecule has 6 nitrogen and oxygen atoms in total. The van der Waals surface area contributed by atoms with Gasteiger partial charge in [-0.05, 0) is 31.0 Å². The second-order valence-electron chi connectivity index (χ2n) is 2.84. The smallest absolute Gasteiger partial charge is 0.373 e. The number of benzene rings is 1. The van der Waals surface area contributed by atoms with Crippen molar-refractivity contribution in [1.82, 2.24) is 0 Å². The molecule has 2 N–H and O–H groups in total. The van der Waals surface area contributed by atoms with Crippen LogP contribution in [0.5, 0.6) is 0 Å². The Morgan fingerprint density at radius 1 is 1.27 bits per heavy atom. The highest BCUT2D eigenvalue weighted by atomic mass is 16.6. The van der Waals surface area contributed by atoms with Crippen molar-refractivity contribution in [3.05, 3.63) is 33.4 Å². The lowest BCUT2D eigenvalue weighted by Crippen LogP contribution is -1.97. The molecule has 0 heterocycles. The topological polar surface area (TPSA) is 103 Å². The number of hydrogen-bond acceptors (Lipinski definition) is 5. The third-order valence-electron chi connectivity index (χ3n) is 1.84. The first-order chi connectivity index (χ1) is 6.93. The predicted octanol–water partition coefficient (Wildman–Crippen LogP) is 1.21. The Bertz CT molecular complexity index is 409. The Morgan fingerprint density at radius 2 is 1.67 bits per heavy atom. The average molecular weight is 210 g/mol. The van der Waals surface area contributed by atoms with Gasteiger partial charge in [-0.25, -0.2) is 0 Å². The van der Waals surface area contributed by atoms with E-state index in [1.165, 1.54) is 6.07 Å². The first kappa shape index (κ1) is 12.8. The maximum absolute atomic E-state index is 10.4. The van der Waals surface area contributed by atoms with E-state index in [1.807, 2.05) is 13.8 Å². The van der Waals surface area contributed by atoms with Crippen LogP contribution in [0.1, 0.15) is 11.1 Å². The Balaban J connectivity index is 0.000000583. The van der Waals surface area contributed by atoms with Crippen LogP contribution in [0.25, 0.3) is 0 Å². The minimum Gasteiger partial charge on any atom is -0.393 e. The van der Waals surface area contributed by atoms with Crippen LogP contribution in [0.15, 0.2) is 12.1 Å². The molecule has 0 saturated heterocycles. The summed E-state index contributed by atoms with van der Waals surface area (Å²) in [4.78, 5) is 26.2. The summed E-state index contributed by atoms with van der Waals surface area (Å²) in [5.74, 6) is 0. The summed E-state index contributed by atoms with van der Waals surface area (Å²) >= 11 is 0. The van der Waals surface area contributed by atoms with E-state index < -0.39 is 4.92 Å². The van der Waals surface area contributed by atoms with E-state index in [4.69, 9.17) is 15.3 Å². The monoisotopic (exact) mass is 210 g/mol. The van der Waals surface area contributed by atoms with Crippen LogP contribution in [-0.2, 0) is 9.59 Å². The van der Waals surface area contributed by atoms with E-state index in [0.717, 1.165) is 11.1 Å². The summed E-state index contributed by atoms with van der Waals surface area (Å²) in [5, 5.41) is 10.4. The number of anilines is 1. The van der Waals surface area contributed by atoms with E-state index in [9.17, 15) is 10.1 Å². The number of nitro groups is 1. The number of nitro benzene ring substituents is 1. The summed E-state index contributed by atoms with van der Waals surface area (Å²) in [6, 6.07) is 3.11. The number of carbonyl (C=O) groups excluding carboxylic acids is 2. The molecular weight excluding hydrogens is 200 g/mol. The molecule has 0 aromatic heterocycles. The van der Waals surface area contributed by atoms with E-state index in [2.05, 4.69) is 0 Å². The summed E-state index contributed by atoms with van der Waals surface area (Å²) < 4.78 is 0. The van der Waals surface area contributed by atoms with Gasteiger partial charge in [0.05, 0.1) is 4.92 Å². The van der Waals surface area contributed by atoms with Gasteiger partial charge in [-0.1, -0.05) is 0 Å². The molecule has 6 heteroatoms. The van der Waals surface area contributed by atoms with Gasteiger partial charge < -0.3 is 5.73 Å². The normalized spacial score (nSPS) is 8.40. The second-order valence-corrected chi connectivity index (χ2v) is 2.84.